The predicted molar refractivity (Wildman–Crippen MR) is 147 cm³/mol. The minimum Gasteiger partial charge on any atom is -0.384 e. The van der Waals surface area contributed by atoms with Gasteiger partial charge in [-0.05, 0) is 76.8 Å². The average Bonchev–Trinajstić information content (AvgIpc) is 2.86. The van der Waals surface area contributed by atoms with Crippen LogP contribution in [0.15, 0.2) is 85.1 Å². The molecule has 172 valence electrons. The highest BCUT2D eigenvalue weighted by atomic mass is 35.5. The smallest absolute Gasteiger partial charge is 0.0737 e. The van der Waals surface area contributed by atoms with Gasteiger partial charge in [-0.2, -0.15) is 0 Å². The van der Waals surface area contributed by atoms with Crippen LogP contribution in [0.1, 0.15) is 25.3 Å². The summed E-state index contributed by atoms with van der Waals surface area (Å²) in [4.78, 5) is 7.04. The van der Waals surface area contributed by atoms with Crippen LogP contribution in [0.25, 0.3) is 32.4 Å². The molecule has 0 bridgehead atoms. The molecule has 0 saturated carbocycles. The molecule has 0 atom stereocenters. The van der Waals surface area contributed by atoms with Crippen LogP contribution in [0.5, 0.6) is 0 Å². The Labute approximate surface area is 206 Å². The van der Waals surface area contributed by atoms with Gasteiger partial charge in [-0.3, -0.25) is 9.88 Å². The number of fused-ring (bicyclic) bond motifs is 3. The fourth-order valence-electron chi connectivity index (χ4n) is 4.89. The molecule has 0 amide bonds. The van der Waals surface area contributed by atoms with E-state index in [0.29, 0.717) is 5.02 Å². The second kappa shape index (κ2) is 10.4. The molecule has 4 aromatic carbocycles. The first kappa shape index (κ1) is 22.6. The van der Waals surface area contributed by atoms with Gasteiger partial charge in [0.25, 0.3) is 0 Å². The molecule has 3 nitrogen and oxygen atoms in total. The molecule has 1 N–H and O–H groups in total. The van der Waals surface area contributed by atoms with E-state index in [2.05, 4.69) is 76.7 Å². The van der Waals surface area contributed by atoms with Crippen LogP contribution in [0.4, 0.5) is 5.69 Å². The molecule has 34 heavy (non-hydrogen) atoms. The highest BCUT2D eigenvalue weighted by Gasteiger charge is 2.12. The lowest BCUT2D eigenvalue weighted by Gasteiger charge is -2.24. The molecule has 0 radical (unpaired) electrons. The molecule has 1 heterocycles. The SMILES string of the molecule is CCCN(CCCNc1ccnc2cc(Cl)ccc12)Cc1c2ccccc2cc2ccccc12. The Hall–Kier alpha value is -3.14. The highest BCUT2D eigenvalue weighted by molar-refractivity contribution is 6.31. The molecule has 0 aliphatic carbocycles. The van der Waals surface area contributed by atoms with Crippen LogP contribution in [-0.4, -0.2) is 29.5 Å². The monoisotopic (exact) mass is 467 g/mol. The molecule has 0 fully saturated rings. The lowest BCUT2D eigenvalue weighted by molar-refractivity contribution is 0.267. The van der Waals surface area contributed by atoms with Crippen LogP contribution >= 0.6 is 11.6 Å². The average molecular weight is 468 g/mol. The maximum atomic E-state index is 6.14. The fraction of sp³-hybridized carbons (Fsp3) is 0.233. The first-order valence-corrected chi connectivity index (χ1v) is 12.5. The molecule has 0 aliphatic rings. The summed E-state index contributed by atoms with van der Waals surface area (Å²) in [5.74, 6) is 0. The summed E-state index contributed by atoms with van der Waals surface area (Å²) < 4.78 is 0. The van der Waals surface area contributed by atoms with Crippen LogP contribution < -0.4 is 5.32 Å². The van der Waals surface area contributed by atoms with E-state index >= 15 is 0 Å². The van der Waals surface area contributed by atoms with E-state index in [1.807, 2.05) is 30.5 Å². The van der Waals surface area contributed by atoms with Crippen LogP contribution in [0.2, 0.25) is 5.02 Å². The minimum atomic E-state index is 0.716. The van der Waals surface area contributed by atoms with Crippen LogP contribution in [0.3, 0.4) is 0 Å². The van der Waals surface area contributed by atoms with Gasteiger partial charge in [0.1, 0.15) is 0 Å². The zero-order chi connectivity index (χ0) is 23.3. The summed E-state index contributed by atoms with van der Waals surface area (Å²) in [5, 5.41) is 10.8. The van der Waals surface area contributed by atoms with Gasteiger partial charge in [-0.25, -0.2) is 0 Å². The number of nitrogens with zero attached hydrogens (tertiary/aromatic N) is 2. The number of hydrogen-bond acceptors (Lipinski definition) is 3. The van der Waals surface area contributed by atoms with Gasteiger partial charge >= 0.3 is 0 Å². The molecule has 5 aromatic rings. The summed E-state index contributed by atoms with van der Waals surface area (Å²) >= 11 is 6.14. The maximum absolute atomic E-state index is 6.14. The van der Waals surface area contributed by atoms with Gasteiger partial charge < -0.3 is 5.32 Å². The third-order valence-electron chi connectivity index (χ3n) is 6.48. The fourth-order valence-corrected chi connectivity index (χ4v) is 5.06. The summed E-state index contributed by atoms with van der Waals surface area (Å²) in [6, 6.07) is 27.8. The standard InChI is InChI=1S/C30H30ClN3/c1-2-17-34(18-7-15-32-29-14-16-33-30-20-24(31)12-13-27(29)30)21-28-25-10-5-3-8-22(25)19-23-9-4-6-11-26(23)28/h3-6,8-14,16,19-20H,2,7,15,17-18,21H2,1H3,(H,32,33). The third-order valence-corrected chi connectivity index (χ3v) is 6.71. The van der Waals surface area contributed by atoms with E-state index in [0.717, 1.165) is 55.6 Å². The third kappa shape index (κ3) is 4.86. The first-order chi connectivity index (χ1) is 16.7. The van der Waals surface area contributed by atoms with Crippen molar-refractivity contribution in [2.24, 2.45) is 0 Å². The normalized spacial score (nSPS) is 11.6. The number of pyridine rings is 1. The zero-order valence-corrected chi connectivity index (χ0v) is 20.4. The van der Waals surface area contributed by atoms with E-state index in [1.54, 1.807) is 0 Å². The largest absolute Gasteiger partial charge is 0.384 e. The molecule has 0 unspecified atom stereocenters. The van der Waals surface area contributed by atoms with E-state index in [4.69, 9.17) is 11.6 Å². The second-order valence-corrected chi connectivity index (χ2v) is 9.31. The Balaban J connectivity index is 1.31. The predicted octanol–water partition coefficient (Wildman–Crippen LogP) is 7.91. The van der Waals surface area contributed by atoms with E-state index in [-0.39, 0.29) is 0 Å². The van der Waals surface area contributed by atoms with Crippen molar-refractivity contribution in [3.05, 3.63) is 95.6 Å². The van der Waals surface area contributed by atoms with Crippen molar-refractivity contribution in [3.63, 3.8) is 0 Å². The Morgan fingerprint density at radius 2 is 1.56 bits per heavy atom. The van der Waals surface area contributed by atoms with Crippen molar-refractivity contribution < 1.29 is 0 Å². The van der Waals surface area contributed by atoms with Gasteiger partial charge in [-0.1, -0.05) is 67.1 Å². The Morgan fingerprint density at radius 3 is 2.29 bits per heavy atom. The first-order valence-electron chi connectivity index (χ1n) is 12.1. The maximum Gasteiger partial charge on any atom is 0.0737 e. The topological polar surface area (TPSA) is 28.2 Å². The highest BCUT2D eigenvalue weighted by Crippen LogP contribution is 2.30. The molecule has 5 rings (SSSR count). The molecular weight excluding hydrogens is 438 g/mol. The van der Waals surface area contributed by atoms with Gasteiger partial charge in [-0.15, -0.1) is 0 Å². The number of hydrogen-bond donors (Lipinski definition) is 1. The van der Waals surface area contributed by atoms with Crippen molar-refractivity contribution >= 4 is 49.7 Å². The van der Waals surface area contributed by atoms with Crippen LogP contribution in [-0.2, 0) is 6.54 Å². The minimum absolute atomic E-state index is 0.716. The van der Waals surface area contributed by atoms with Gasteiger partial charge in [0, 0.05) is 41.9 Å². The molecule has 1 aromatic heterocycles. The van der Waals surface area contributed by atoms with E-state index in [1.165, 1.54) is 27.1 Å². The second-order valence-electron chi connectivity index (χ2n) is 8.87. The Kier molecular flexibility index (Phi) is 6.94. The summed E-state index contributed by atoms with van der Waals surface area (Å²) in [6.45, 7) is 6.28. The summed E-state index contributed by atoms with van der Waals surface area (Å²) in [5.41, 5.74) is 3.48. The number of benzene rings is 4. The van der Waals surface area contributed by atoms with Crippen molar-refractivity contribution in [1.29, 1.82) is 0 Å². The summed E-state index contributed by atoms with van der Waals surface area (Å²) in [7, 11) is 0. The number of anilines is 1. The van der Waals surface area contributed by atoms with Crippen molar-refractivity contribution in [2.45, 2.75) is 26.3 Å². The number of rotatable bonds is 9. The summed E-state index contributed by atoms with van der Waals surface area (Å²) in [6.07, 6.45) is 4.06. The van der Waals surface area contributed by atoms with Gasteiger partial charge in [0.15, 0.2) is 0 Å². The van der Waals surface area contributed by atoms with Crippen molar-refractivity contribution in [2.75, 3.05) is 25.0 Å². The van der Waals surface area contributed by atoms with Gasteiger partial charge in [0.2, 0.25) is 0 Å². The molecule has 0 aliphatic heterocycles. The molecule has 0 spiro atoms. The van der Waals surface area contributed by atoms with Crippen molar-refractivity contribution in [3.8, 4) is 0 Å². The number of halogens is 1. The number of nitrogens with one attached hydrogen (secondary N) is 1. The lowest BCUT2D eigenvalue weighted by atomic mass is 9.96. The van der Waals surface area contributed by atoms with Crippen molar-refractivity contribution in [1.82, 2.24) is 9.88 Å². The van der Waals surface area contributed by atoms with E-state index < -0.39 is 0 Å². The molecule has 4 heteroatoms. The van der Waals surface area contributed by atoms with E-state index in [9.17, 15) is 0 Å². The zero-order valence-electron chi connectivity index (χ0n) is 19.6. The Morgan fingerprint density at radius 1 is 0.824 bits per heavy atom. The molecular formula is C30H30ClN3. The Bertz CT molecular complexity index is 1380. The number of aromatic nitrogens is 1. The quantitative estimate of drug-likeness (QED) is 0.176. The molecule has 0 saturated heterocycles. The lowest BCUT2D eigenvalue weighted by Crippen LogP contribution is -2.27. The van der Waals surface area contributed by atoms with Gasteiger partial charge in [0.05, 0.1) is 5.52 Å². The van der Waals surface area contributed by atoms with Crippen LogP contribution in [0, 0.1) is 0 Å².